The lowest BCUT2D eigenvalue weighted by Crippen LogP contribution is -2.19. The summed E-state index contributed by atoms with van der Waals surface area (Å²) in [6.07, 6.45) is 4.77. The zero-order chi connectivity index (χ0) is 20.0. The first-order chi connectivity index (χ1) is 12.1. The van der Waals surface area contributed by atoms with Gasteiger partial charge in [0.15, 0.2) is 5.69 Å². The highest BCUT2D eigenvalue weighted by atomic mass is 16.6. The molecule has 1 N–H and O–H groups in total. The van der Waals surface area contributed by atoms with Crippen molar-refractivity contribution in [3.05, 3.63) is 43.6 Å². The van der Waals surface area contributed by atoms with Crippen molar-refractivity contribution >= 4 is 23.1 Å². The maximum Gasteiger partial charge on any atom is 0.306 e. The second-order valence-electron chi connectivity index (χ2n) is 6.73. The lowest BCUT2D eigenvalue weighted by atomic mass is 9.93. The number of nitrogens with zero attached hydrogens (tertiary/aromatic N) is 3. The Morgan fingerprint density at radius 3 is 2.12 bits per heavy atom. The first-order valence-electron chi connectivity index (χ1n) is 8.74. The van der Waals surface area contributed by atoms with Gasteiger partial charge < -0.3 is 10.2 Å². The van der Waals surface area contributed by atoms with E-state index in [0.29, 0.717) is 24.0 Å². The lowest BCUT2D eigenvalue weighted by molar-refractivity contribution is -0.392. The second-order valence-corrected chi connectivity index (χ2v) is 6.73. The summed E-state index contributed by atoms with van der Waals surface area (Å²) in [4.78, 5) is 24.2. The molecule has 0 aliphatic carbocycles. The molecule has 1 aromatic rings. The van der Waals surface area contributed by atoms with Crippen LogP contribution in [0.15, 0.2) is 12.3 Å². The minimum absolute atomic E-state index is 0.0171. The smallest absolute Gasteiger partial charge is 0.306 e. The number of nitro benzene ring substituents is 2. The minimum atomic E-state index is -0.553. The molecule has 0 amide bonds. The Balaban J connectivity index is 3.86. The number of nitro groups is 2. The van der Waals surface area contributed by atoms with Crippen LogP contribution in [0, 0.1) is 20.2 Å². The van der Waals surface area contributed by atoms with E-state index in [-0.39, 0.29) is 29.0 Å². The number of hydrogen-bond acceptors (Lipinski definition) is 6. The Bertz CT molecular complexity index is 695. The molecule has 0 spiro atoms. The predicted octanol–water partition coefficient (Wildman–Crippen LogP) is 4.76. The highest BCUT2D eigenvalue weighted by Crippen LogP contribution is 2.43. The fourth-order valence-electron chi connectivity index (χ4n) is 2.74. The predicted molar refractivity (Wildman–Crippen MR) is 105 cm³/mol. The molecule has 0 saturated carbocycles. The zero-order valence-electron chi connectivity index (χ0n) is 16.3. The highest BCUT2D eigenvalue weighted by molar-refractivity contribution is 5.83. The largest absolute Gasteiger partial charge is 0.383 e. The van der Waals surface area contributed by atoms with Gasteiger partial charge in [-0.3, -0.25) is 20.2 Å². The van der Waals surface area contributed by atoms with Crippen LogP contribution in [0.5, 0.6) is 0 Å². The maximum absolute atomic E-state index is 11.9. The molecule has 8 nitrogen and oxygen atoms in total. The topological polar surface area (TPSA) is 102 Å². The van der Waals surface area contributed by atoms with Gasteiger partial charge in [0.05, 0.1) is 15.4 Å². The van der Waals surface area contributed by atoms with Gasteiger partial charge in [-0.1, -0.05) is 27.7 Å². The lowest BCUT2D eigenvalue weighted by Gasteiger charge is -2.19. The molecule has 0 unspecified atom stereocenters. The monoisotopic (exact) mass is 364 g/mol. The Hall–Kier alpha value is -2.64. The van der Waals surface area contributed by atoms with Gasteiger partial charge in [0, 0.05) is 26.2 Å². The van der Waals surface area contributed by atoms with Crippen molar-refractivity contribution < 1.29 is 9.85 Å². The van der Waals surface area contributed by atoms with E-state index in [2.05, 4.69) is 5.32 Å². The number of rotatable bonds is 9. The van der Waals surface area contributed by atoms with Crippen molar-refractivity contribution in [2.24, 2.45) is 0 Å². The normalized spacial score (nSPS) is 11.4. The van der Waals surface area contributed by atoms with Gasteiger partial charge in [-0.2, -0.15) is 0 Å². The highest BCUT2D eigenvalue weighted by Gasteiger charge is 2.32. The van der Waals surface area contributed by atoms with Crippen LogP contribution in [0.2, 0.25) is 0 Å². The van der Waals surface area contributed by atoms with Crippen molar-refractivity contribution in [1.29, 1.82) is 0 Å². The Morgan fingerprint density at radius 2 is 1.73 bits per heavy atom. The van der Waals surface area contributed by atoms with Gasteiger partial charge in [0.25, 0.3) is 5.69 Å². The van der Waals surface area contributed by atoms with Crippen LogP contribution >= 0.6 is 0 Å². The van der Waals surface area contributed by atoms with E-state index < -0.39 is 9.85 Å². The van der Waals surface area contributed by atoms with Gasteiger partial charge in [-0.25, -0.2) is 0 Å². The van der Waals surface area contributed by atoms with Gasteiger partial charge >= 0.3 is 5.69 Å². The number of benzene rings is 1. The third-order valence-electron chi connectivity index (χ3n) is 4.23. The van der Waals surface area contributed by atoms with Crippen LogP contribution in [-0.2, 0) is 0 Å². The van der Waals surface area contributed by atoms with E-state index in [1.165, 1.54) is 6.07 Å². The fraction of sp³-hybridized carbons (Fsp3) is 0.556. The van der Waals surface area contributed by atoms with Crippen molar-refractivity contribution in [3.8, 4) is 0 Å². The molecule has 0 atom stereocenters. The van der Waals surface area contributed by atoms with E-state index in [1.807, 2.05) is 41.8 Å². The molecule has 1 rings (SSSR count). The SMILES string of the molecule is CCC(CC)Nc1c([N+](=O)[O-])cc(C(C)C)c(C=CN(C)C)c1[N+](=O)[O-]. The Morgan fingerprint density at radius 1 is 1.15 bits per heavy atom. The third kappa shape index (κ3) is 4.93. The van der Waals surface area contributed by atoms with Crippen molar-refractivity contribution in [2.45, 2.75) is 52.5 Å². The van der Waals surface area contributed by atoms with Crippen LogP contribution < -0.4 is 5.32 Å². The fourth-order valence-corrected chi connectivity index (χ4v) is 2.74. The van der Waals surface area contributed by atoms with Crippen molar-refractivity contribution in [3.63, 3.8) is 0 Å². The molecule has 8 heteroatoms. The molecule has 0 aliphatic rings. The van der Waals surface area contributed by atoms with Crippen LogP contribution in [-0.4, -0.2) is 34.9 Å². The van der Waals surface area contributed by atoms with Gasteiger partial charge in [0.1, 0.15) is 0 Å². The Kier molecular flexibility index (Phi) is 7.55. The molecule has 0 fully saturated rings. The number of nitrogens with one attached hydrogen (secondary N) is 1. The van der Waals surface area contributed by atoms with Gasteiger partial charge in [-0.15, -0.1) is 0 Å². The van der Waals surface area contributed by atoms with Crippen LogP contribution in [0.1, 0.15) is 57.6 Å². The second kappa shape index (κ2) is 9.17. The van der Waals surface area contributed by atoms with Crippen LogP contribution in [0.3, 0.4) is 0 Å². The quantitative estimate of drug-likeness (QED) is 0.501. The average molecular weight is 364 g/mol. The van der Waals surface area contributed by atoms with Crippen LogP contribution in [0.4, 0.5) is 17.1 Å². The summed E-state index contributed by atoms with van der Waals surface area (Å²) in [5.41, 5.74) is 0.466. The molecular formula is C18H28N4O4. The van der Waals surface area contributed by atoms with E-state index in [1.54, 1.807) is 17.2 Å². The molecule has 0 bridgehead atoms. The summed E-state index contributed by atoms with van der Waals surface area (Å²) in [6.45, 7) is 7.61. The van der Waals surface area contributed by atoms with E-state index >= 15 is 0 Å². The Labute approximate surface area is 154 Å². The summed E-state index contributed by atoms with van der Waals surface area (Å²) in [7, 11) is 3.62. The third-order valence-corrected chi connectivity index (χ3v) is 4.23. The standard InChI is InChI=1S/C18H28N4O4/c1-7-13(8-2)19-17-16(21(23)24)11-15(12(3)4)14(9-10-20(5)6)18(17)22(25)26/h9-13,19H,7-8H2,1-6H3. The molecule has 0 saturated heterocycles. The van der Waals surface area contributed by atoms with Crippen molar-refractivity contribution in [2.75, 3.05) is 19.4 Å². The molecule has 0 aliphatic heterocycles. The van der Waals surface area contributed by atoms with Crippen molar-refractivity contribution in [1.82, 2.24) is 4.90 Å². The van der Waals surface area contributed by atoms with E-state index in [9.17, 15) is 20.2 Å². The van der Waals surface area contributed by atoms with Gasteiger partial charge in [-0.05, 0) is 36.6 Å². The number of anilines is 1. The molecule has 144 valence electrons. The first-order valence-corrected chi connectivity index (χ1v) is 8.74. The summed E-state index contributed by atoms with van der Waals surface area (Å²) in [5, 5.41) is 26.6. The summed E-state index contributed by atoms with van der Waals surface area (Å²) in [6, 6.07) is 1.38. The molecular weight excluding hydrogens is 336 g/mol. The summed E-state index contributed by atoms with van der Waals surface area (Å²) in [5.74, 6) is -0.101. The summed E-state index contributed by atoms with van der Waals surface area (Å²) >= 11 is 0. The van der Waals surface area contributed by atoms with Gasteiger partial charge in [0.2, 0.25) is 0 Å². The average Bonchev–Trinajstić information content (AvgIpc) is 2.55. The molecule has 1 aromatic carbocycles. The van der Waals surface area contributed by atoms with Crippen LogP contribution in [0.25, 0.3) is 6.08 Å². The van der Waals surface area contributed by atoms with E-state index in [0.717, 1.165) is 0 Å². The zero-order valence-corrected chi connectivity index (χ0v) is 16.3. The molecule has 26 heavy (non-hydrogen) atoms. The number of hydrogen-bond donors (Lipinski definition) is 1. The maximum atomic E-state index is 11.9. The molecule has 0 heterocycles. The molecule has 0 aromatic heterocycles. The van der Waals surface area contributed by atoms with E-state index in [4.69, 9.17) is 0 Å². The molecule has 0 radical (unpaired) electrons. The minimum Gasteiger partial charge on any atom is -0.383 e. The summed E-state index contributed by atoms with van der Waals surface area (Å²) < 4.78 is 0. The first kappa shape index (κ1) is 21.4.